The second kappa shape index (κ2) is 6.15. The molecule has 0 aliphatic rings. The molecule has 0 amide bonds. The minimum absolute atomic E-state index is 0.0344. The van der Waals surface area contributed by atoms with Crippen molar-refractivity contribution in [2.24, 2.45) is 5.14 Å². The van der Waals surface area contributed by atoms with Crippen molar-refractivity contribution in [1.82, 2.24) is 9.78 Å². The molecule has 1 heterocycles. The molecule has 0 spiro atoms. The van der Waals surface area contributed by atoms with Gasteiger partial charge in [0.15, 0.2) is 5.69 Å². The van der Waals surface area contributed by atoms with Gasteiger partial charge in [-0.1, -0.05) is 36.4 Å². The van der Waals surface area contributed by atoms with Crippen molar-refractivity contribution in [1.29, 1.82) is 0 Å². The maximum absolute atomic E-state index is 12.1. The number of aromatic nitrogens is 2. The quantitative estimate of drug-likeness (QED) is 0.742. The molecule has 0 radical (unpaired) electrons. The number of nitrogens with zero attached hydrogens (tertiary/aromatic N) is 2. The van der Waals surface area contributed by atoms with E-state index < -0.39 is 16.0 Å². The molecule has 1 aromatic heterocycles. The summed E-state index contributed by atoms with van der Waals surface area (Å²) in [7, 11) is -4.03. The molecule has 25 heavy (non-hydrogen) atoms. The molecule has 7 nitrogen and oxygen atoms in total. The van der Waals surface area contributed by atoms with Gasteiger partial charge in [-0.3, -0.25) is 0 Å². The molecule has 0 fully saturated rings. The molecular weight excluding hydrogens is 342 g/mol. The Morgan fingerprint density at radius 3 is 2.44 bits per heavy atom. The number of aryl methyl sites for hydroxylation is 1. The van der Waals surface area contributed by atoms with Gasteiger partial charge in [-0.2, -0.15) is 5.10 Å². The molecule has 0 aliphatic heterocycles. The van der Waals surface area contributed by atoms with E-state index in [0.29, 0.717) is 22.4 Å². The van der Waals surface area contributed by atoms with Gasteiger partial charge < -0.3 is 5.11 Å². The van der Waals surface area contributed by atoms with Gasteiger partial charge in [-0.05, 0) is 24.6 Å². The standard InChI is InChI=1S/C17H15N3O4S/c1-11-10-19-20(16(11)17(21)22)13-7-8-14(12-5-3-2-4-6-12)15(9-13)25(18,23)24/h2-10H,1H3,(H,21,22)(H2,18,23,24). The molecule has 0 saturated heterocycles. The Hall–Kier alpha value is -2.97. The van der Waals surface area contributed by atoms with Gasteiger partial charge in [0, 0.05) is 11.1 Å². The van der Waals surface area contributed by atoms with E-state index in [1.807, 2.05) is 6.07 Å². The lowest BCUT2D eigenvalue weighted by molar-refractivity contribution is 0.0686. The fourth-order valence-electron chi connectivity index (χ4n) is 2.62. The topological polar surface area (TPSA) is 115 Å². The number of carbonyl (C=O) groups is 1. The summed E-state index contributed by atoms with van der Waals surface area (Å²) in [6, 6.07) is 13.5. The van der Waals surface area contributed by atoms with Crippen molar-refractivity contribution < 1.29 is 18.3 Å². The van der Waals surface area contributed by atoms with Gasteiger partial charge in [0.25, 0.3) is 0 Å². The monoisotopic (exact) mass is 357 g/mol. The average Bonchev–Trinajstić information content (AvgIpc) is 2.96. The van der Waals surface area contributed by atoms with Crippen LogP contribution in [-0.2, 0) is 10.0 Å². The van der Waals surface area contributed by atoms with Crippen LogP contribution in [-0.4, -0.2) is 29.3 Å². The highest BCUT2D eigenvalue weighted by Gasteiger charge is 2.20. The SMILES string of the molecule is Cc1cnn(-c2ccc(-c3ccccc3)c(S(N)(=O)=O)c2)c1C(=O)O. The van der Waals surface area contributed by atoms with Gasteiger partial charge >= 0.3 is 5.97 Å². The van der Waals surface area contributed by atoms with Crippen LogP contribution < -0.4 is 5.14 Å². The number of benzene rings is 2. The highest BCUT2D eigenvalue weighted by Crippen LogP contribution is 2.29. The Kier molecular flexibility index (Phi) is 4.15. The van der Waals surface area contributed by atoms with E-state index in [2.05, 4.69) is 5.10 Å². The number of hydrogen-bond acceptors (Lipinski definition) is 4. The predicted octanol–water partition coefficient (Wildman–Crippen LogP) is 2.19. The molecule has 8 heteroatoms. The molecule has 0 aliphatic carbocycles. The van der Waals surface area contributed by atoms with Crippen molar-refractivity contribution in [3.8, 4) is 16.8 Å². The lowest BCUT2D eigenvalue weighted by Gasteiger charge is -2.12. The third kappa shape index (κ3) is 3.17. The van der Waals surface area contributed by atoms with E-state index in [4.69, 9.17) is 5.14 Å². The predicted molar refractivity (Wildman–Crippen MR) is 92.1 cm³/mol. The summed E-state index contributed by atoms with van der Waals surface area (Å²) in [6.07, 6.45) is 1.41. The molecule has 0 unspecified atom stereocenters. The first-order valence-electron chi connectivity index (χ1n) is 7.29. The van der Waals surface area contributed by atoms with Crippen LogP contribution in [0.4, 0.5) is 0 Å². The van der Waals surface area contributed by atoms with Crippen LogP contribution in [0, 0.1) is 6.92 Å². The number of primary sulfonamides is 1. The van der Waals surface area contributed by atoms with Gasteiger partial charge in [-0.15, -0.1) is 0 Å². The molecule has 2 aromatic carbocycles. The Bertz CT molecular complexity index is 1060. The van der Waals surface area contributed by atoms with Crippen LogP contribution in [0.2, 0.25) is 0 Å². The maximum Gasteiger partial charge on any atom is 0.354 e. The van der Waals surface area contributed by atoms with E-state index in [1.54, 1.807) is 43.3 Å². The Morgan fingerprint density at radius 1 is 1.16 bits per heavy atom. The molecule has 128 valence electrons. The molecule has 3 rings (SSSR count). The lowest BCUT2D eigenvalue weighted by atomic mass is 10.1. The van der Waals surface area contributed by atoms with Crippen molar-refractivity contribution in [2.45, 2.75) is 11.8 Å². The highest BCUT2D eigenvalue weighted by atomic mass is 32.2. The summed E-state index contributed by atoms with van der Waals surface area (Å²) in [5.41, 5.74) is 1.86. The zero-order valence-electron chi connectivity index (χ0n) is 13.2. The Labute approximate surface area is 144 Å². The lowest BCUT2D eigenvalue weighted by Crippen LogP contribution is -2.15. The third-order valence-electron chi connectivity index (χ3n) is 3.76. The maximum atomic E-state index is 12.1. The van der Waals surface area contributed by atoms with Gasteiger partial charge in [0.2, 0.25) is 10.0 Å². The fraction of sp³-hybridized carbons (Fsp3) is 0.0588. The van der Waals surface area contributed by atoms with Gasteiger partial charge in [0.05, 0.1) is 16.8 Å². The second-order valence-electron chi connectivity index (χ2n) is 5.48. The Morgan fingerprint density at radius 2 is 1.84 bits per heavy atom. The summed E-state index contributed by atoms with van der Waals surface area (Å²) >= 11 is 0. The first kappa shape index (κ1) is 16.9. The molecule has 3 aromatic rings. The number of hydrogen-bond donors (Lipinski definition) is 2. The zero-order valence-corrected chi connectivity index (χ0v) is 14.1. The first-order valence-corrected chi connectivity index (χ1v) is 8.84. The normalized spacial score (nSPS) is 11.4. The molecule has 0 bridgehead atoms. The summed E-state index contributed by atoms with van der Waals surface area (Å²) in [5.74, 6) is -1.15. The van der Waals surface area contributed by atoms with Gasteiger partial charge in [0.1, 0.15) is 0 Å². The van der Waals surface area contributed by atoms with Crippen molar-refractivity contribution in [3.05, 3.63) is 66.0 Å². The number of rotatable bonds is 4. The van der Waals surface area contributed by atoms with Crippen LogP contribution in [0.15, 0.2) is 59.6 Å². The molecule has 0 atom stereocenters. The largest absolute Gasteiger partial charge is 0.477 e. The Balaban J connectivity index is 2.25. The van der Waals surface area contributed by atoms with Gasteiger partial charge in [-0.25, -0.2) is 23.0 Å². The molecule has 3 N–H and O–H groups in total. The van der Waals surface area contributed by atoms with E-state index in [9.17, 15) is 18.3 Å². The van der Waals surface area contributed by atoms with Crippen LogP contribution in [0.1, 0.15) is 16.1 Å². The smallest absolute Gasteiger partial charge is 0.354 e. The number of carboxylic acids is 1. The minimum atomic E-state index is -4.03. The molecule has 0 saturated carbocycles. The van der Waals surface area contributed by atoms with Crippen LogP contribution in [0.25, 0.3) is 16.8 Å². The second-order valence-corrected chi connectivity index (χ2v) is 7.01. The zero-order chi connectivity index (χ0) is 18.2. The summed E-state index contributed by atoms with van der Waals surface area (Å²) in [4.78, 5) is 11.3. The first-order chi connectivity index (χ1) is 11.8. The summed E-state index contributed by atoms with van der Waals surface area (Å²) in [6.45, 7) is 1.62. The van der Waals surface area contributed by atoms with Crippen molar-refractivity contribution in [3.63, 3.8) is 0 Å². The summed E-state index contributed by atoms with van der Waals surface area (Å²) < 4.78 is 25.3. The van der Waals surface area contributed by atoms with E-state index in [-0.39, 0.29) is 10.6 Å². The number of nitrogens with two attached hydrogens (primary N) is 1. The molecular formula is C17H15N3O4S. The van der Waals surface area contributed by atoms with Crippen molar-refractivity contribution in [2.75, 3.05) is 0 Å². The number of sulfonamides is 1. The third-order valence-corrected chi connectivity index (χ3v) is 4.71. The number of aromatic carboxylic acids is 1. The summed E-state index contributed by atoms with van der Waals surface area (Å²) in [5, 5.41) is 18.8. The minimum Gasteiger partial charge on any atom is -0.477 e. The van der Waals surface area contributed by atoms with Crippen molar-refractivity contribution >= 4 is 16.0 Å². The number of carboxylic acid groups (broad SMARTS) is 1. The van der Waals surface area contributed by atoms with E-state index in [1.165, 1.54) is 16.9 Å². The van der Waals surface area contributed by atoms with Crippen LogP contribution in [0.5, 0.6) is 0 Å². The highest BCUT2D eigenvalue weighted by molar-refractivity contribution is 7.89. The van der Waals surface area contributed by atoms with Crippen LogP contribution in [0.3, 0.4) is 0 Å². The fourth-order valence-corrected chi connectivity index (χ4v) is 3.40. The van der Waals surface area contributed by atoms with E-state index in [0.717, 1.165) is 0 Å². The average molecular weight is 357 g/mol. The van der Waals surface area contributed by atoms with Crippen LogP contribution >= 0.6 is 0 Å². The van der Waals surface area contributed by atoms with E-state index >= 15 is 0 Å².